The van der Waals surface area contributed by atoms with Crippen LogP contribution in [0.15, 0.2) is 24.3 Å². The summed E-state index contributed by atoms with van der Waals surface area (Å²) in [6.07, 6.45) is 4.26. The monoisotopic (exact) mass is 316 g/mol. The lowest BCUT2D eigenvalue weighted by molar-refractivity contribution is -0.130. The van der Waals surface area contributed by atoms with E-state index in [1.165, 1.54) is 0 Å². The molecular weight excluding hydrogens is 292 g/mol. The van der Waals surface area contributed by atoms with Crippen molar-refractivity contribution >= 4 is 17.5 Å². The fourth-order valence-electron chi connectivity index (χ4n) is 3.22. The van der Waals surface area contributed by atoms with Gasteiger partial charge in [0.05, 0.1) is 12.5 Å². The maximum atomic E-state index is 12.3. The average Bonchev–Trinajstić information content (AvgIpc) is 3.19. The van der Waals surface area contributed by atoms with Crippen molar-refractivity contribution in [1.82, 2.24) is 4.90 Å². The second-order valence-corrected chi connectivity index (χ2v) is 6.40. The van der Waals surface area contributed by atoms with Crippen LogP contribution in [0, 0.1) is 0 Å². The molecule has 5 heteroatoms. The topological polar surface area (TPSA) is 49.9 Å². The largest absolute Gasteiger partial charge is 0.376 e. The van der Waals surface area contributed by atoms with E-state index in [-0.39, 0.29) is 17.9 Å². The fraction of sp³-hybridized carbons (Fsp3) is 0.556. The van der Waals surface area contributed by atoms with Crippen LogP contribution in [0.5, 0.6) is 0 Å². The van der Waals surface area contributed by atoms with Crippen LogP contribution in [0.4, 0.5) is 5.69 Å². The first kappa shape index (κ1) is 16.0. The number of benzene rings is 1. The van der Waals surface area contributed by atoms with Gasteiger partial charge in [-0.15, -0.1) is 0 Å². The van der Waals surface area contributed by atoms with Crippen LogP contribution in [-0.4, -0.2) is 49.6 Å². The lowest BCUT2D eigenvalue weighted by atomic mass is 10.1. The molecule has 2 fully saturated rings. The van der Waals surface area contributed by atoms with Gasteiger partial charge in [0.1, 0.15) is 0 Å². The lowest BCUT2D eigenvalue weighted by Gasteiger charge is -2.21. The van der Waals surface area contributed by atoms with Gasteiger partial charge < -0.3 is 14.5 Å². The predicted molar refractivity (Wildman–Crippen MR) is 88.3 cm³/mol. The van der Waals surface area contributed by atoms with Crippen molar-refractivity contribution in [3.8, 4) is 0 Å². The quantitative estimate of drug-likeness (QED) is 0.835. The molecule has 0 aromatic heterocycles. The molecule has 124 valence electrons. The first-order valence-electron chi connectivity index (χ1n) is 8.38. The molecular formula is C18H24N2O3. The fourth-order valence-corrected chi connectivity index (χ4v) is 3.22. The van der Waals surface area contributed by atoms with Crippen LogP contribution >= 0.6 is 0 Å². The third-order valence-corrected chi connectivity index (χ3v) is 4.60. The molecule has 0 aliphatic carbocycles. The van der Waals surface area contributed by atoms with Gasteiger partial charge in [-0.2, -0.15) is 0 Å². The molecule has 1 atom stereocenters. The molecule has 0 unspecified atom stereocenters. The Morgan fingerprint density at radius 1 is 1.30 bits per heavy atom. The molecule has 5 nitrogen and oxygen atoms in total. The Balaban J connectivity index is 1.54. The van der Waals surface area contributed by atoms with Crippen LogP contribution in [0.2, 0.25) is 0 Å². The molecule has 23 heavy (non-hydrogen) atoms. The molecule has 0 N–H and O–H groups in total. The number of carbonyl (C=O) groups is 2. The van der Waals surface area contributed by atoms with Crippen molar-refractivity contribution < 1.29 is 14.3 Å². The highest BCUT2D eigenvalue weighted by atomic mass is 16.5. The Morgan fingerprint density at radius 2 is 2.09 bits per heavy atom. The number of rotatable bonds is 5. The molecule has 1 aromatic carbocycles. The maximum Gasteiger partial charge on any atom is 0.227 e. The molecule has 0 saturated carbocycles. The van der Waals surface area contributed by atoms with Crippen molar-refractivity contribution in [2.75, 3.05) is 31.6 Å². The Hall–Kier alpha value is -1.88. The van der Waals surface area contributed by atoms with Gasteiger partial charge >= 0.3 is 0 Å². The minimum atomic E-state index is 0.102. The molecule has 2 saturated heterocycles. The number of ether oxygens (including phenoxy) is 1. The summed E-state index contributed by atoms with van der Waals surface area (Å²) in [4.78, 5) is 27.6. The number of amides is 2. The summed E-state index contributed by atoms with van der Waals surface area (Å²) in [5, 5.41) is 0. The Morgan fingerprint density at radius 3 is 2.70 bits per heavy atom. The van der Waals surface area contributed by atoms with Crippen molar-refractivity contribution in [2.24, 2.45) is 0 Å². The second kappa shape index (κ2) is 7.13. The zero-order chi connectivity index (χ0) is 16.2. The maximum absolute atomic E-state index is 12.3. The first-order valence-corrected chi connectivity index (χ1v) is 8.38. The number of hydrogen-bond acceptors (Lipinski definition) is 3. The molecule has 2 amide bonds. The number of likely N-dealkylation sites (N-methyl/N-ethyl adjacent to an activating group) is 1. The van der Waals surface area contributed by atoms with Crippen molar-refractivity contribution in [3.05, 3.63) is 29.8 Å². The van der Waals surface area contributed by atoms with Gasteiger partial charge in [0.2, 0.25) is 11.8 Å². The van der Waals surface area contributed by atoms with E-state index in [1.54, 1.807) is 4.90 Å². The van der Waals surface area contributed by atoms with Crippen molar-refractivity contribution in [2.45, 2.75) is 38.2 Å². The molecule has 2 aliphatic rings. The molecule has 0 spiro atoms. The Kier molecular flexibility index (Phi) is 4.96. The molecule has 3 rings (SSSR count). The van der Waals surface area contributed by atoms with Gasteiger partial charge in [-0.3, -0.25) is 9.59 Å². The standard InChI is InChI=1S/C18H24N2O3/c1-19(13-16-4-3-11-23-16)18(22)12-14-6-8-15(9-7-14)20-10-2-5-17(20)21/h6-9,16H,2-5,10-13H2,1H3/t16-/m0/s1. The summed E-state index contributed by atoms with van der Waals surface area (Å²) in [5.41, 5.74) is 1.90. The highest BCUT2D eigenvalue weighted by Gasteiger charge is 2.22. The van der Waals surface area contributed by atoms with Crippen LogP contribution in [0.3, 0.4) is 0 Å². The van der Waals surface area contributed by atoms with Gasteiger partial charge in [0, 0.05) is 38.9 Å². The van der Waals surface area contributed by atoms with Crippen LogP contribution < -0.4 is 4.90 Å². The predicted octanol–water partition coefficient (Wildman–Crippen LogP) is 1.99. The van der Waals surface area contributed by atoms with E-state index in [4.69, 9.17) is 4.74 Å². The van der Waals surface area contributed by atoms with E-state index < -0.39 is 0 Å². The first-order chi connectivity index (χ1) is 11.1. The van der Waals surface area contributed by atoms with Gasteiger partial charge in [-0.1, -0.05) is 12.1 Å². The normalized spacial score (nSPS) is 21.0. The smallest absolute Gasteiger partial charge is 0.227 e. The van der Waals surface area contributed by atoms with E-state index in [0.29, 0.717) is 19.4 Å². The average molecular weight is 316 g/mol. The minimum Gasteiger partial charge on any atom is -0.376 e. The Bertz CT molecular complexity index is 564. The van der Waals surface area contributed by atoms with Gasteiger partial charge in [-0.05, 0) is 37.0 Å². The summed E-state index contributed by atoms with van der Waals surface area (Å²) in [7, 11) is 1.83. The molecule has 0 bridgehead atoms. The number of hydrogen-bond donors (Lipinski definition) is 0. The van der Waals surface area contributed by atoms with Crippen molar-refractivity contribution in [3.63, 3.8) is 0 Å². The summed E-state index contributed by atoms with van der Waals surface area (Å²) in [6, 6.07) is 7.76. The Labute approximate surface area is 137 Å². The number of carbonyl (C=O) groups excluding carboxylic acids is 2. The van der Waals surface area contributed by atoms with Gasteiger partial charge in [0.15, 0.2) is 0 Å². The second-order valence-electron chi connectivity index (χ2n) is 6.40. The van der Waals surface area contributed by atoms with E-state index in [9.17, 15) is 9.59 Å². The van der Waals surface area contributed by atoms with Gasteiger partial charge in [-0.25, -0.2) is 0 Å². The van der Waals surface area contributed by atoms with Crippen LogP contribution in [0.25, 0.3) is 0 Å². The van der Waals surface area contributed by atoms with E-state index in [1.807, 2.05) is 36.2 Å². The highest BCUT2D eigenvalue weighted by Crippen LogP contribution is 2.22. The lowest BCUT2D eigenvalue weighted by Crippen LogP contribution is -2.35. The van der Waals surface area contributed by atoms with Gasteiger partial charge in [0.25, 0.3) is 0 Å². The summed E-state index contributed by atoms with van der Waals surface area (Å²) >= 11 is 0. The number of nitrogens with zero attached hydrogens (tertiary/aromatic N) is 2. The van der Waals surface area contributed by atoms with E-state index >= 15 is 0 Å². The molecule has 1 aromatic rings. The van der Waals surface area contributed by atoms with E-state index in [2.05, 4.69) is 0 Å². The summed E-state index contributed by atoms with van der Waals surface area (Å²) in [6.45, 7) is 2.27. The molecule has 2 heterocycles. The van der Waals surface area contributed by atoms with Crippen LogP contribution in [-0.2, 0) is 20.7 Å². The van der Waals surface area contributed by atoms with Crippen molar-refractivity contribution in [1.29, 1.82) is 0 Å². The molecule has 2 aliphatic heterocycles. The highest BCUT2D eigenvalue weighted by molar-refractivity contribution is 5.95. The third-order valence-electron chi connectivity index (χ3n) is 4.60. The SMILES string of the molecule is CN(C[C@@H]1CCCO1)C(=O)Cc1ccc(N2CCCC2=O)cc1. The molecule has 0 radical (unpaired) electrons. The minimum absolute atomic E-state index is 0.102. The summed E-state index contributed by atoms with van der Waals surface area (Å²) in [5.74, 6) is 0.288. The van der Waals surface area contributed by atoms with Crippen LogP contribution in [0.1, 0.15) is 31.2 Å². The van der Waals surface area contributed by atoms with E-state index in [0.717, 1.165) is 43.7 Å². The summed E-state index contributed by atoms with van der Waals surface area (Å²) < 4.78 is 5.58. The zero-order valence-electron chi connectivity index (χ0n) is 13.7. The zero-order valence-corrected chi connectivity index (χ0v) is 13.7. The third kappa shape index (κ3) is 3.91. The number of anilines is 1.